The standard InChI is InChI=1S/C32H37F3N6O2/c33-32(34,35)26-6-14-36-28(19-26)40-16-8-24(9-17-40)30(42)41-15-7-23(21-41)18-22-4-10-31(43,11-5-22)27-3-2-25(20-39-27)29-37-12-1-13-38-29/h1-3,6,12-14,19-20,22-24,43H,4-5,7-11,15-18,21H2. The van der Waals surface area contributed by atoms with Crippen molar-refractivity contribution in [1.82, 2.24) is 24.8 Å². The molecule has 1 unspecified atom stereocenters. The number of aromatic nitrogens is 4. The van der Waals surface area contributed by atoms with Gasteiger partial charge in [-0.3, -0.25) is 9.78 Å². The molecular formula is C32H37F3N6O2. The van der Waals surface area contributed by atoms with Crippen LogP contribution >= 0.6 is 0 Å². The summed E-state index contributed by atoms with van der Waals surface area (Å²) in [4.78, 5) is 34.4. The highest BCUT2D eigenvalue weighted by Crippen LogP contribution is 2.42. The van der Waals surface area contributed by atoms with Crippen LogP contribution in [0.25, 0.3) is 11.4 Å². The third-order valence-electron chi connectivity index (χ3n) is 9.50. The number of aliphatic hydroxyl groups is 1. The minimum absolute atomic E-state index is 0.0992. The Kier molecular flexibility index (Phi) is 8.35. The van der Waals surface area contributed by atoms with E-state index < -0.39 is 17.3 Å². The van der Waals surface area contributed by atoms with Gasteiger partial charge in [-0.25, -0.2) is 15.0 Å². The van der Waals surface area contributed by atoms with E-state index in [4.69, 9.17) is 0 Å². The third-order valence-corrected chi connectivity index (χ3v) is 9.50. The zero-order valence-electron chi connectivity index (χ0n) is 24.1. The number of halogens is 3. The van der Waals surface area contributed by atoms with Crippen molar-refractivity contribution in [3.8, 4) is 11.4 Å². The predicted octanol–water partition coefficient (Wildman–Crippen LogP) is 5.49. The highest BCUT2D eigenvalue weighted by atomic mass is 19.4. The first-order valence-corrected chi connectivity index (χ1v) is 15.2. The molecule has 11 heteroatoms. The lowest BCUT2D eigenvalue weighted by Crippen LogP contribution is -2.42. The molecule has 2 saturated heterocycles. The molecule has 6 rings (SSSR count). The molecule has 3 aliphatic rings. The molecular weight excluding hydrogens is 557 g/mol. The van der Waals surface area contributed by atoms with Crippen LogP contribution < -0.4 is 4.90 Å². The number of hydrogen-bond acceptors (Lipinski definition) is 7. The van der Waals surface area contributed by atoms with Crippen LogP contribution in [0, 0.1) is 17.8 Å². The molecule has 1 atom stereocenters. The summed E-state index contributed by atoms with van der Waals surface area (Å²) in [5.74, 6) is 1.97. The molecule has 5 heterocycles. The van der Waals surface area contributed by atoms with Crippen molar-refractivity contribution in [2.75, 3.05) is 31.1 Å². The van der Waals surface area contributed by atoms with E-state index in [-0.39, 0.29) is 11.8 Å². The second-order valence-corrected chi connectivity index (χ2v) is 12.3. The van der Waals surface area contributed by atoms with Crippen LogP contribution in [-0.2, 0) is 16.6 Å². The van der Waals surface area contributed by atoms with Gasteiger partial charge >= 0.3 is 6.18 Å². The van der Waals surface area contributed by atoms with E-state index in [2.05, 4.69) is 19.9 Å². The molecule has 3 aromatic rings. The van der Waals surface area contributed by atoms with Crippen molar-refractivity contribution >= 4 is 11.7 Å². The number of hydrogen-bond donors (Lipinski definition) is 1. The summed E-state index contributed by atoms with van der Waals surface area (Å²) in [5, 5.41) is 11.4. The Bertz CT molecular complexity index is 1390. The molecule has 0 bridgehead atoms. The number of piperidine rings is 1. The zero-order chi connectivity index (χ0) is 30.0. The monoisotopic (exact) mass is 594 g/mol. The first kappa shape index (κ1) is 29.5. The number of carbonyl (C=O) groups excluding carboxylic acids is 1. The van der Waals surface area contributed by atoms with Crippen LogP contribution in [0.4, 0.5) is 19.0 Å². The maximum atomic E-state index is 13.3. The van der Waals surface area contributed by atoms with Crippen LogP contribution in [0.2, 0.25) is 0 Å². The summed E-state index contributed by atoms with van der Waals surface area (Å²) in [6.07, 6.45) is 8.37. The predicted molar refractivity (Wildman–Crippen MR) is 155 cm³/mol. The molecule has 0 radical (unpaired) electrons. The molecule has 3 fully saturated rings. The van der Waals surface area contributed by atoms with E-state index in [0.29, 0.717) is 67.9 Å². The van der Waals surface area contributed by atoms with E-state index in [9.17, 15) is 23.1 Å². The van der Waals surface area contributed by atoms with Gasteiger partial charge in [-0.15, -0.1) is 0 Å². The Morgan fingerprint density at radius 2 is 1.65 bits per heavy atom. The number of nitrogens with zero attached hydrogens (tertiary/aromatic N) is 6. The molecule has 8 nitrogen and oxygen atoms in total. The Balaban J connectivity index is 0.955. The van der Waals surface area contributed by atoms with Crippen molar-refractivity contribution in [1.29, 1.82) is 0 Å². The van der Waals surface area contributed by atoms with Gasteiger partial charge in [-0.2, -0.15) is 13.2 Å². The largest absolute Gasteiger partial charge is 0.416 e. The fourth-order valence-corrected chi connectivity index (χ4v) is 6.97. The zero-order valence-corrected chi connectivity index (χ0v) is 24.1. The molecule has 1 N–H and O–H groups in total. The van der Waals surface area contributed by atoms with Gasteiger partial charge in [0.15, 0.2) is 5.82 Å². The molecule has 3 aromatic heterocycles. The number of alkyl halides is 3. The molecule has 0 spiro atoms. The second kappa shape index (κ2) is 12.2. The summed E-state index contributed by atoms with van der Waals surface area (Å²) in [6.45, 7) is 2.56. The minimum Gasteiger partial charge on any atom is -0.384 e. The number of likely N-dealkylation sites (tertiary alicyclic amines) is 1. The van der Waals surface area contributed by atoms with Gasteiger partial charge < -0.3 is 14.9 Å². The lowest BCUT2D eigenvalue weighted by molar-refractivity contribution is -0.137. The lowest BCUT2D eigenvalue weighted by Gasteiger charge is -2.36. The van der Waals surface area contributed by atoms with Gasteiger partial charge in [-0.05, 0) is 93.5 Å². The van der Waals surface area contributed by atoms with Crippen molar-refractivity contribution in [2.45, 2.75) is 63.1 Å². The molecule has 1 amide bonds. The van der Waals surface area contributed by atoms with Crippen LogP contribution in [0.1, 0.15) is 62.6 Å². The first-order valence-electron chi connectivity index (χ1n) is 15.2. The van der Waals surface area contributed by atoms with E-state index >= 15 is 0 Å². The van der Waals surface area contributed by atoms with Crippen molar-refractivity contribution in [3.05, 3.63) is 66.4 Å². The van der Waals surface area contributed by atoms with Crippen molar-refractivity contribution in [2.24, 2.45) is 17.8 Å². The maximum Gasteiger partial charge on any atom is 0.416 e. The maximum absolute atomic E-state index is 13.3. The summed E-state index contributed by atoms with van der Waals surface area (Å²) < 4.78 is 39.3. The Hall–Kier alpha value is -3.60. The molecule has 0 aromatic carbocycles. The van der Waals surface area contributed by atoms with Gasteiger partial charge in [0.25, 0.3) is 0 Å². The quantitative estimate of drug-likeness (QED) is 0.404. The Morgan fingerprint density at radius 1 is 0.907 bits per heavy atom. The van der Waals surface area contributed by atoms with E-state index in [1.165, 1.54) is 6.20 Å². The van der Waals surface area contributed by atoms with E-state index in [1.54, 1.807) is 24.7 Å². The highest BCUT2D eigenvalue weighted by Gasteiger charge is 2.39. The molecule has 228 valence electrons. The topological polar surface area (TPSA) is 95.3 Å². The number of carbonyl (C=O) groups is 1. The second-order valence-electron chi connectivity index (χ2n) is 12.3. The normalized spacial score (nSPS) is 25.2. The van der Waals surface area contributed by atoms with Crippen LogP contribution in [0.5, 0.6) is 0 Å². The molecule has 2 aliphatic heterocycles. The van der Waals surface area contributed by atoms with Gasteiger partial charge in [-0.1, -0.05) is 0 Å². The van der Waals surface area contributed by atoms with Gasteiger partial charge in [0.2, 0.25) is 5.91 Å². The number of pyridine rings is 2. The average Bonchev–Trinajstić information content (AvgIpc) is 3.51. The Morgan fingerprint density at radius 3 is 2.33 bits per heavy atom. The highest BCUT2D eigenvalue weighted by molar-refractivity contribution is 5.79. The summed E-state index contributed by atoms with van der Waals surface area (Å²) in [5.41, 5.74) is -0.118. The van der Waals surface area contributed by atoms with Crippen LogP contribution in [0.15, 0.2) is 55.1 Å². The lowest BCUT2D eigenvalue weighted by atomic mass is 9.74. The van der Waals surface area contributed by atoms with Gasteiger partial charge in [0.05, 0.1) is 11.3 Å². The third kappa shape index (κ3) is 6.66. The van der Waals surface area contributed by atoms with Crippen molar-refractivity contribution in [3.63, 3.8) is 0 Å². The van der Waals surface area contributed by atoms with Gasteiger partial charge in [0, 0.05) is 62.4 Å². The number of rotatable bonds is 6. The summed E-state index contributed by atoms with van der Waals surface area (Å²) >= 11 is 0. The SMILES string of the molecule is O=C(C1CCN(c2cc(C(F)(F)F)ccn2)CC1)N1CCC(CC2CCC(O)(c3ccc(-c4ncccn4)cn3)CC2)C1. The van der Waals surface area contributed by atoms with E-state index in [0.717, 1.165) is 56.5 Å². The smallest absolute Gasteiger partial charge is 0.384 e. The average molecular weight is 595 g/mol. The fraction of sp³-hybridized carbons (Fsp3) is 0.531. The molecule has 1 saturated carbocycles. The number of amides is 1. The van der Waals surface area contributed by atoms with Crippen molar-refractivity contribution < 1.29 is 23.1 Å². The van der Waals surface area contributed by atoms with Crippen LogP contribution in [-0.4, -0.2) is 62.0 Å². The summed E-state index contributed by atoms with van der Waals surface area (Å²) in [6, 6.07) is 7.64. The van der Waals surface area contributed by atoms with E-state index in [1.807, 2.05) is 21.9 Å². The summed E-state index contributed by atoms with van der Waals surface area (Å²) in [7, 11) is 0. The van der Waals surface area contributed by atoms with Gasteiger partial charge in [0.1, 0.15) is 11.4 Å². The van der Waals surface area contributed by atoms with Crippen LogP contribution in [0.3, 0.4) is 0 Å². The number of anilines is 1. The minimum atomic E-state index is -4.40. The first-order chi connectivity index (χ1) is 20.7. The molecule has 43 heavy (non-hydrogen) atoms. The molecule has 1 aliphatic carbocycles. The fourth-order valence-electron chi connectivity index (χ4n) is 6.97. The Labute approximate surface area is 249 Å².